The van der Waals surface area contributed by atoms with Gasteiger partial charge in [0.05, 0.1) is 13.2 Å². The Kier molecular flexibility index (Phi) is 5.51. The second-order valence-electron chi connectivity index (χ2n) is 3.15. The van der Waals surface area contributed by atoms with Crippen LogP contribution >= 0.6 is 22.9 Å². The molecule has 0 aliphatic carbocycles. The van der Waals surface area contributed by atoms with Gasteiger partial charge in [0.15, 0.2) is 5.13 Å². The summed E-state index contributed by atoms with van der Waals surface area (Å²) < 4.78 is 4.83. The number of rotatable bonds is 6. The molecule has 1 heterocycles. The van der Waals surface area contributed by atoms with Gasteiger partial charge in [-0.1, -0.05) is 11.6 Å². The van der Waals surface area contributed by atoms with Gasteiger partial charge in [-0.3, -0.25) is 4.79 Å². The van der Waals surface area contributed by atoms with Crippen LogP contribution in [0.2, 0.25) is 5.15 Å². The predicted octanol–water partition coefficient (Wildman–Crippen LogP) is 0.995. The van der Waals surface area contributed by atoms with E-state index in [0.29, 0.717) is 18.3 Å². The normalized spacial score (nSPS) is 10.2. The van der Waals surface area contributed by atoms with Gasteiger partial charge < -0.3 is 15.0 Å². The number of methoxy groups -OCH3 is 1. The van der Waals surface area contributed by atoms with Crippen molar-refractivity contribution in [2.45, 2.75) is 0 Å². The summed E-state index contributed by atoms with van der Waals surface area (Å²) >= 11 is 7.11. The van der Waals surface area contributed by atoms with Crippen molar-refractivity contribution < 1.29 is 9.53 Å². The third-order valence-electron chi connectivity index (χ3n) is 1.80. The molecular weight excluding hydrogens is 250 g/mol. The van der Waals surface area contributed by atoms with E-state index in [2.05, 4.69) is 10.3 Å². The lowest BCUT2D eigenvalue weighted by Crippen LogP contribution is -2.36. The zero-order valence-corrected chi connectivity index (χ0v) is 10.8. The van der Waals surface area contributed by atoms with Crippen molar-refractivity contribution in [3.05, 3.63) is 10.5 Å². The lowest BCUT2D eigenvalue weighted by atomic mass is 10.5. The van der Waals surface area contributed by atoms with Crippen LogP contribution in [0, 0.1) is 0 Å². The predicted molar refractivity (Wildman–Crippen MR) is 65.3 cm³/mol. The van der Waals surface area contributed by atoms with E-state index in [1.807, 2.05) is 0 Å². The Balaban J connectivity index is 2.33. The van der Waals surface area contributed by atoms with Crippen LogP contribution in [-0.2, 0) is 9.53 Å². The summed E-state index contributed by atoms with van der Waals surface area (Å²) in [6.45, 7) is 1.29. The van der Waals surface area contributed by atoms with Gasteiger partial charge in [0.25, 0.3) is 0 Å². The van der Waals surface area contributed by atoms with Crippen molar-refractivity contribution in [1.29, 1.82) is 0 Å². The number of anilines is 1. The summed E-state index contributed by atoms with van der Waals surface area (Å²) in [4.78, 5) is 17.3. The summed E-state index contributed by atoms with van der Waals surface area (Å²) in [5.41, 5.74) is 0. The zero-order chi connectivity index (χ0) is 12.0. The van der Waals surface area contributed by atoms with Crippen LogP contribution in [0.25, 0.3) is 0 Å². The second-order valence-corrected chi connectivity index (χ2v) is 4.38. The Morgan fingerprint density at radius 1 is 1.75 bits per heavy atom. The van der Waals surface area contributed by atoms with Gasteiger partial charge in [-0.2, -0.15) is 0 Å². The first-order valence-electron chi connectivity index (χ1n) is 4.71. The summed E-state index contributed by atoms with van der Waals surface area (Å²) in [6, 6.07) is 0. The number of ether oxygens (including phenoxy) is 1. The molecule has 0 aliphatic rings. The fourth-order valence-corrected chi connectivity index (χ4v) is 1.97. The van der Waals surface area contributed by atoms with Crippen molar-refractivity contribution in [1.82, 2.24) is 10.3 Å². The number of nitrogens with zero attached hydrogens (tertiary/aromatic N) is 2. The van der Waals surface area contributed by atoms with Crippen LogP contribution in [0.5, 0.6) is 0 Å². The number of halogens is 1. The number of carbonyl (C=O) groups is 1. The molecule has 0 saturated heterocycles. The Hall–Kier alpha value is -0.850. The molecule has 0 radical (unpaired) electrons. The number of aromatic nitrogens is 1. The van der Waals surface area contributed by atoms with Crippen LogP contribution < -0.4 is 10.2 Å². The molecule has 0 spiro atoms. The maximum atomic E-state index is 11.4. The Bertz CT molecular complexity index is 345. The third kappa shape index (κ3) is 4.34. The Labute approximate surface area is 103 Å². The molecule has 0 bridgehead atoms. The molecule has 1 amide bonds. The van der Waals surface area contributed by atoms with E-state index in [9.17, 15) is 4.79 Å². The number of hydrogen-bond donors (Lipinski definition) is 1. The number of hydrogen-bond acceptors (Lipinski definition) is 5. The topological polar surface area (TPSA) is 54.5 Å². The van der Waals surface area contributed by atoms with Gasteiger partial charge in [0.1, 0.15) is 5.15 Å². The average Bonchev–Trinajstić information content (AvgIpc) is 2.65. The minimum absolute atomic E-state index is 0.0640. The van der Waals surface area contributed by atoms with Crippen LogP contribution in [0.1, 0.15) is 0 Å². The van der Waals surface area contributed by atoms with Gasteiger partial charge in [0.2, 0.25) is 5.91 Å². The van der Waals surface area contributed by atoms with Gasteiger partial charge in [0, 0.05) is 26.1 Å². The summed E-state index contributed by atoms with van der Waals surface area (Å²) in [5.74, 6) is -0.0640. The molecule has 0 atom stereocenters. The molecule has 1 aromatic heterocycles. The lowest BCUT2D eigenvalue weighted by molar-refractivity contribution is -0.119. The van der Waals surface area contributed by atoms with E-state index in [4.69, 9.17) is 16.3 Å². The molecule has 1 N–H and O–H groups in total. The van der Waals surface area contributed by atoms with Gasteiger partial charge >= 0.3 is 0 Å². The summed E-state index contributed by atoms with van der Waals surface area (Å²) in [6.07, 6.45) is 0. The molecule has 1 aromatic rings. The Morgan fingerprint density at radius 2 is 2.50 bits per heavy atom. The van der Waals surface area contributed by atoms with E-state index < -0.39 is 0 Å². The first-order chi connectivity index (χ1) is 7.63. The zero-order valence-electron chi connectivity index (χ0n) is 9.20. The van der Waals surface area contributed by atoms with Crippen molar-refractivity contribution in [3.63, 3.8) is 0 Å². The molecule has 0 saturated carbocycles. The molecule has 7 heteroatoms. The quantitative estimate of drug-likeness (QED) is 0.778. The van der Waals surface area contributed by atoms with Crippen LogP contribution in [0.3, 0.4) is 0 Å². The van der Waals surface area contributed by atoms with Crippen molar-refractivity contribution >= 4 is 34.0 Å². The summed E-state index contributed by atoms with van der Waals surface area (Å²) in [7, 11) is 3.39. The molecular formula is C9H14ClN3O2S. The summed E-state index contributed by atoms with van der Waals surface area (Å²) in [5, 5.41) is 5.64. The molecule has 16 heavy (non-hydrogen) atoms. The highest BCUT2D eigenvalue weighted by atomic mass is 35.5. The highest BCUT2D eigenvalue weighted by Gasteiger charge is 2.09. The lowest BCUT2D eigenvalue weighted by Gasteiger charge is -2.14. The first-order valence-corrected chi connectivity index (χ1v) is 5.97. The maximum absolute atomic E-state index is 11.4. The van der Waals surface area contributed by atoms with Crippen molar-refractivity contribution in [2.75, 3.05) is 38.8 Å². The fourth-order valence-electron chi connectivity index (χ4n) is 1.05. The average molecular weight is 264 g/mol. The number of carbonyl (C=O) groups excluding carboxylic acids is 1. The number of amides is 1. The van der Waals surface area contributed by atoms with E-state index in [1.54, 1.807) is 24.4 Å². The van der Waals surface area contributed by atoms with E-state index in [0.717, 1.165) is 5.13 Å². The largest absolute Gasteiger partial charge is 0.383 e. The van der Waals surface area contributed by atoms with Crippen LogP contribution in [-0.4, -0.2) is 44.7 Å². The maximum Gasteiger partial charge on any atom is 0.239 e. The van der Waals surface area contributed by atoms with E-state index in [-0.39, 0.29) is 12.5 Å². The van der Waals surface area contributed by atoms with Crippen molar-refractivity contribution in [3.8, 4) is 0 Å². The van der Waals surface area contributed by atoms with Crippen LogP contribution in [0.4, 0.5) is 5.13 Å². The highest BCUT2D eigenvalue weighted by Crippen LogP contribution is 2.21. The number of nitrogens with one attached hydrogen (secondary N) is 1. The minimum atomic E-state index is -0.0640. The smallest absolute Gasteiger partial charge is 0.239 e. The van der Waals surface area contributed by atoms with E-state index >= 15 is 0 Å². The molecule has 90 valence electrons. The third-order valence-corrected chi connectivity index (χ3v) is 3.08. The highest BCUT2D eigenvalue weighted by molar-refractivity contribution is 7.14. The van der Waals surface area contributed by atoms with Gasteiger partial charge in [-0.25, -0.2) is 4.98 Å². The molecule has 5 nitrogen and oxygen atoms in total. The van der Waals surface area contributed by atoms with Gasteiger partial charge in [-0.15, -0.1) is 11.3 Å². The minimum Gasteiger partial charge on any atom is -0.383 e. The molecule has 0 fully saturated rings. The molecule has 1 rings (SSSR count). The van der Waals surface area contributed by atoms with Crippen LogP contribution in [0.15, 0.2) is 5.38 Å². The monoisotopic (exact) mass is 263 g/mol. The molecule has 0 unspecified atom stereocenters. The number of likely N-dealkylation sites (N-methyl/N-ethyl adjacent to an activating group) is 1. The van der Waals surface area contributed by atoms with E-state index in [1.165, 1.54) is 11.3 Å². The SMILES string of the molecule is COCCNC(=O)CN(C)c1nc(Cl)cs1. The van der Waals surface area contributed by atoms with Crippen molar-refractivity contribution in [2.24, 2.45) is 0 Å². The Morgan fingerprint density at radius 3 is 3.06 bits per heavy atom. The fraction of sp³-hybridized carbons (Fsp3) is 0.556. The standard InChI is InChI=1S/C9H14ClN3O2S/c1-13(9-12-7(10)6-16-9)5-8(14)11-3-4-15-2/h6H,3-5H2,1-2H3,(H,11,14). The molecule has 0 aliphatic heterocycles. The first kappa shape index (κ1) is 13.2. The number of thiazole rings is 1. The van der Waals surface area contributed by atoms with Gasteiger partial charge in [-0.05, 0) is 0 Å². The second kappa shape index (κ2) is 6.67. The molecule has 0 aromatic carbocycles.